The smallest absolute Gasteiger partial charge is 0.233 e. The van der Waals surface area contributed by atoms with Gasteiger partial charge in [-0.25, -0.2) is 13.4 Å². The molecular weight excluding hydrogens is 238 g/mol. The first kappa shape index (κ1) is 13.9. The molecule has 0 saturated heterocycles. The molecule has 6 heteroatoms. The molecule has 0 aromatic carbocycles. The summed E-state index contributed by atoms with van der Waals surface area (Å²) in [5.41, 5.74) is 0. The zero-order valence-electron chi connectivity index (χ0n) is 10.2. The van der Waals surface area contributed by atoms with Crippen LogP contribution in [0.3, 0.4) is 0 Å². The molecule has 0 aliphatic rings. The van der Waals surface area contributed by atoms with Crippen molar-refractivity contribution in [1.82, 2.24) is 10.3 Å². The Kier molecular flexibility index (Phi) is 5.37. The lowest BCUT2D eigenvalue weighted by molar-refractivity contribution is 0.571. The average molecular weight is 257 g/mol. The van der Waals surface area contributed by atoms with E-state index < -0.39 is 10.0 Å². The van der Waals surface area contributed by atoms with E-state index in [4.69, 9.17) is 0 Å². The van der Waals surface area contributed by atoms with Crippen LogP contribution in [0, 0.1) is 0 Å². The van der Waals surface area contributed by atoms with Gasteiger partial charge in [-0.1, -0.05) is 19.9 Å². The first-order chi connectivity index (χ1) is 7.99. The van der Waals surface area contributed by atoms with Crippen LogP contribution in [-0.2, 0) is 10.0 Å². The Morgan fingerprint density at radius 3 is 2.71 bits per heavy atom. The highest BCUT2D eigenvalue weighted by Gasteiger charge is 2.10. The SMILES string of the molecule is CC(C)NCCCS(=O)(=O)Nc1ccccn1. The van der Waals surface area contributed by atoms with Crippen LogP contribution in [0.15, 0.2) is 24.4 Å². The highest BCUT2D eigenvalue weighted by molar-refractivity contribution is 7.92. The van der Waals surface area contributed by atoms with E-state index in [1.807, 2.05) is 13.8 Å². The Bertz CT molecular complexity index is 418. The summed E-state index contributed by atoms with van der Waals surface area (Å²) in [6.07, 6.45) is 2.14. The van der Waals surface area contributed by atoms with Crippen LogP contribution in [0.5, 0.6) is 0 Å². The molecule has 0 spiro atoms. The van der Waals surface area contributed by atoms with E-state index in [0.29, 0.717) is 24.8 Å². The molecule has 0 aliphatic heterocycles. The third kappa shape index (κ3) is 6.23. The van der Waals surface area contributed by atoms with Gasteiger partial charge in [0.25, 0.3) is 0 Å². The van der Waals surface area contributed by atoms with E-state index in [0.717, 1.165) is 0 Å². The molecule has 0 unspecified atom stereocenters. The molecule has 0 atom stereocenters. The van der Waals surface area contributed by atoms with Crippen molar-refractivity contribution in [2.45, 2.75) is 26.3 Å². The predicted octanol–water partition coefficient (Wildman–Crippen LogP) is 1.21. The van der Waals surface area contributed by atoms with Crippen molar-refractivity contribution in [2.24, 2.45) is 0 Å². The standard InChI is InChI=1S/C11H19N3O2S/c1-10(2)12-8-5-9-17(15,16)14-11-6-3-4-7-13-11/h3-4,6-7,10,12H,5,8-9H2,1-2H3,(H,13,14). The van der Waals surface area contributed by atoms with Crippen LogP contribution in [0.2, 0.25) is 0 Å². The lowest BCUT2D eigenvalue weighted by atomic mass is 10.4. The Labute approximate surface area is 103 Å². The molecule has 0 aliphatic carbocycles. The molecule has 0 saturated carbocycles. The Balaban J connectivity index is 2.37. The summed E-state index contributed by atoms with van der Waals surface area (Å²) in [7, 11) is -3.29. The van der Waals surface area contributed by atoms with Gasteiger partial charge in [0, 0.05) is 12.2 Å². The van der Waals surface area contributed by atoms with Gasteiger partial charge in [-0.15, -0.1) is 0 Å². The zero-order chi connectivity index (χ0) is 12.7. The second-order valence-electron chi connectivity index (χ2n) is 4.10. The summed E-state index contributed by atoms with van der Waals surface area (Å²) in [5, 5.41) is 3.17. The van der Waals surface area contributed by atoms with Crippen molar-refractivity contribution >= 4 is 15.8 Å². The molecule has 17 heavy (non-hydrogen) atoms. The summed E-state index contributed by atoms with van der Waals surface area (Å²) < 4.78 is 25.8. The van der Waals surface area contributed by atoms with E-state index >= 15 is 0 Å². The first-order valence-corrected chi connectivity index (χ1v) is 7.30. The summed E-state index contributed by atoms with van der Waals surface area (Å²) in [6.45, 7) is 4.75. The minimum absolute atomic E-state index is 0.100. The zero-order valence-corrected chi connectivity index (χ0v) is 11.0. The van der Waals surface area contributed by atoms with E-state index in [9.17, 15) is 8.42 Å². The van der Waals surface area contributed by atoms with Crippen LogP contribution < -0.4 is 10.0 Å². The van der Waals surface area contributed by atoms with Gasteiger partial charge in [0.2, 0.25) is 10.0 Å². The van der Waals surface area contributed by atoms with Crippen LogP contribution in [-0.4, -0.2) is 31.7 Å². The predicted molar refractivity (Wildman–Crippen MR) is 69.4 cm³/mol. The van der Waals surface area contributed by atoms with Crippen molar-refractivity contribution in [3.63, 3.8) is 0 Å². The highest BCUT2D eigenvalue weighted by atomic mass is 32.2. The molecule has 5 nitrogen and oxygen atoms in total. The summed E-state index contributed by atoms with van der Waals surface area (Å²) >= 11 is 0. The summed E-state index contributed by atoms with van der Waals surface area (Å²) in [4.78, 5) is 3.91. The Hall–Kier alpha value is -1.14. The van der Waals surface area contributed by atoms with Crippen LogP contribution in [0.4, 0.5) is 5.82 Å². The molecule has 1 aromatic heterocycles. The van der Waals surface area contributed by atoms with E-state index in [1.165, 1.54) is 0 Å². The van der Waals surface area contributed by atoms with Crippen molar-refractivity contribution in [3.05, 3.63) is 24.4 Å². The number of hydrogen-bond donors (Lipinski definition) is 2. The largest absolute Gasteiger partial charge is 0.314 e. The lowest BCUT2D eigenvalue weighted by Gasteiger charge is -2.09. The second kappa shape index (κ2) is 6.56. The van der Waals surface area contributed by atoms with Gasteiger partial charge >= 0.3 is 0 Å². The van der Waals surface area contributed by atoms with Gasteiger partial charge in [-0.05, 0) is 25.1 Å². The number of nitrogens with zero attached hydrogens (tertiary/aromatic N) is 1. The third-order valence-corrected chi connectivity index (χ3v) is 3.41. The average Bonchev–Trinajstić information content (AvgIpc) is 2.25. The number of sulfonamides is 1. The minimum Gasteiger partial charge on any atom is -0.314 e. The number of aromatic nitrogens is 1. The van der Waals surface area contributed by atoms with Gasteiger partial charge < -0.3 is 5.32 Å². The van der Waals surface area contributed by atoms with Crippen molar-refractivity contribution in [3.8, 4) is 0 Å². The van der Waals surface area contributed by atoms with Crippen molar-refractivity contribution < 1.29 is 8.42 Å². The number of anilines is 1. The van der Waals surface area contributed by atoms with Gasteiger partial charge in [0.15, 0.2) is 0 Å². The molecule has 2 N–H and O–H groups in total. The molecule has 0 fully saturated rings. The van der Waals surface area contributed by atoms with Crippen molar-refractivity contribution in [1.29, 1.82) is 0 Å². The van der Waals surface area contributed by atoms with E-state index in [1.54, 1.807) is 24.4 Å². The number of hydrogen-bond acceptors (Lipinski definition) is 4. The fourth-order valence-corrected chi connectivity index (χ4v) is 2.35. The number of pyridine rings is 1. The summed E-state index contributed by atoms with van der Waals surface area (Å²) in [6, 6.07) is 5.49. The van der Waals surface area contributed by atoms with Crippen LogP contribution in [0.1, 0.15) is 20.3 Å². The maximum atomic E-state index is 11.7. The lowest BCUT2D eigenvalue weighted by Crippen LogP contribution is -2.26. The molecule has 1 heterocycles. The highest BCUT2D eigenvalue weighted by Crippen LogP contribution is 2.04. The van der Waals surface area contributed by atoms with E-state index in [2.05, 4.69) is 15.0 Å². The monoisotopic (exact) mass is 257 g/mol. The van der Waals surface area contributed by atoms with Gasteiger partial charge in [0.1, 0.15) is 5.82 Å². The molecule has 0 bridgehead atoms. The van der Waals surface area contributed by atoms with Gasteiger partial charge in [-0.2, -0.15) is 0 Å². The third-order valence-electron chi connectivity index (χ3n) is 2.07. The summed E-state index contributed by atoms with van der Waals surface area (Å²) in [5.74, 6) is 0.466. The molecule has 1 rings (SSSR count). The number of rotatable bonds is 7. The maximum Gasteiger partial charge on any atom is 0.233 e. The quantitative estimate of drug-likeness (QED) is 0.720. The van der Waals surface area contributed by atoms with E-state index in [-0.39, 0.29) is 5.75 Å². The Morgan fingerprint density at radius 1 is 1.35 bits per heavy atom. The molecular formula is C11H19N3O2S. The normalized spacial score (nSPS) is 11.7. The molecule has 0 amide bonds. The van der Waals surface area contributed by atoms with Gasteiger partial charge in [-0.3, -0.25) is 4.72 Å². The fourth-order valence-electron chi connectivity index (χ4n) is 1.29. The molecule has 0 radical (unpaired) electrons. The van der Waals surface area contributed by atoms with Crippen LogP contribution >= 0.6 is 0 Å². The molecule has 96 valence electrons. The first-order valence-electron chi connectivity index (χ1n) is 5.64. The minimum atomic E-state index is -3.29. The van der Waals surface area contributed by atoms with Gasteiger partial charge in [0.05, 0.1) is 5.75 Å². The van der Waals surface area contributed by atoms with Crippen LogP contribution in [0.25, 0.3) is 0 Å². The topological polar surface area (TPSA) is 71.1 Å². The fraction of sp³-hybridized carbons (Fsp3) is 0.545. The maximum absolute atomic E-state index is 11.7. The molecule has 1 aromatic rings. The second-order valence-corrected chi connectivity index (χ2v) is 5.94. The Morgan fingerprint density at radius 2 is 2.12 bits per heavy atom. The number of nitrogens with one attached hydrogen (secondary N) is 2. The van der Waals surface area contributed by atoms with Crippen molar-refractivity contribution in [2.75, 3.05) is 17.0 Å².